The highest BCUT2D eigenvalue weighted by Gasteiger charge is 2.74. The first-order valence-corrected chi connectivity index (χ1v) is 15.8. The summed E-state index contributed by atoms with van der Waals surface area (Å²) < 4.78 is 3.95. The maximum Gasteiger partial charge on any atom is 0.311 e. The van der Waals surface area contributed by atoms with E-state index in [1.807, 2.05) is 69.3 Å². The number of fused-ring (bicyclic) bond motifs is 2. The molecule has 2 saturated heterocycles. The molecule has 4 aliphatic rings. The first kappa shape index (κ1) is 29.7. The number of esters is 1. The summed E-state index contributed by atoms with van der Waals surface area (Å²) in [4.78, 5) is 48.5. The van der Waals surface area contributed by atoms with Crippen LogP contribution in [0.4, 0.5) is 11.4 Å². The van der Waals surface area contributed by atoms with Crippen LogP contribution in [0.1, 0.15) is 47.5 Å². The number of thioether (sulfide) groups is 1. The third kappa shape index (κ3) is 4.69. The zero-order chi connectivity index (χ0) is 29.5. The van der Waals surface area contributed by atoms with E-state index in [0.29, 0.717) is 13.0 Å². The van der Waals surface area contributed by atoms with Crippen molar-refractivity contribution in [3.05, 3.63) is 48.6 Å². The number of aliphatic hydroxyl groups is 1. The van der Waals surface area contributed by atoms with Crippen LogP contribution in [0.5, 0.6) is 0 Å². The minimum atomic E-state index is -0.974. The summed E-state index contributed by atoms with van der Waals surface area (Å²) in [5.41, 5.74) is 1.84. The highest BCUT2D eigenvalue weighted by Crippen LogP contribution is 2.65. The Labute approximate surface area is 247 Å². The summed E-state index contributed by atoms with van der Waals surface area (Å²) in [6, 6.07) is 6.57. The number of hydrogen-bond acceptors (Lipinski definition) is 7. The molecule has 7 atom stereocenters. The zero-order valence-corrected chi connectivity index (χ0v) is 25.6. The molecule has 1 spiro atoms. The van der Waals surface area contributed by atoms with Crippen LogP contribution >= 0.6 is 11.8 Å². The van der Waals surface area contributed by atoms with E-state index in [-0.39, 0.29) is 30.9 Å². The standard InChI is InChI=1S/C32H43N3O5S/c1-6-21(4)24(20-36)35-27-29(38)34(23-14-12-22(13-15-23)33(7-2)8-3)18-11-17-32(27)25(28(35)37)26-30(39)40-19-10-9-16-31(26,5)41-32/h9,11-17,21,24-27,36H,6-8,10,18-20H2,1-5H3/t21-,24-,25-,26-,27?,31+,32-/m0/s1. The number of benzene rings is 1. The lowest BCUT2D eigenvalue weighted by molar-refractivity contribution is -0.155. The van der Waals surface area contributed by atoms with Gasteiger partial charge in [0.2, 0.25) is 5.91 Å². The number of ether oxygens (including phenoxy) is 1. The first-order chi connectivity index (χ1) is 19.7. The normalized spacial score (nSPS) is 32.4. The summed E-state index contributed by atoms with van der Waals surface area (Å²) in [7, 11) is 0. The van der Waals surface area contributed by atoms with E-state index in [1.54, 1.807) is 9.80 Å². The molecule has 41 heavy (non-hydrogen) atoms. The van der Waals surface area contributed by atoms with Crippen molar-refractivity contribution in [3.8, 4) is 0 Å². The van der Waals surface area contributed by atoms with Gasteiger partial charge in [-0.3, -0.25) is 14.4 Å². The lowest BCUT2D eigenvalue weighted by Crippen LogP contribution is -2.58. The summed E-state index contributed by atoms with van der Waals surface area (Å²) in [5, 5.41) is 10.6. The topological polar surface area (TPSA) is 90.4 Å². The third-order valence-corrected chi connectivity index (χ3v) is 11.4. The fraction of sp³-hybridized carbons (Fsp3) is 0.594. The molecular formula is C32H43N3O5S. The van der Waals surface area contributed by atoms with E-state index in [1.165, 1.54) is 11.8 Å². The van der Waals surface area contributed by atoms with Gasteiger partial charge in [-0.05, 0) is 57.4 Å². The number of anilines is 2. The summed E-state index contributed by atoms with van der Waals surface area (Å²) in [6.07, 6.45) is 9.39. The van der Waals surface area contributed by atoms with Crippen LogP contribution in [0.15, 0.2) is 48.6 Å². The van der Waals surface area contributed by atoms with Crippen molar-refractivity contribution in [1.29, 1.82) is 0 Å². The molecule has 5 rings (SSSR count). The first-order valence-electron chi connectivity index (χ1n) is 15.0. The number of aliphatic hydroxyl groups excluding tert-OH is 1. The van der Waals surface area contributed by atoms with Crippen LogP contribution < -0.4 is 9.80 Å². The van der Waals surface area contributed by atoms with E-state index in [2.05, 4.69) is 18.7 Å². The van der Waals surface area contributed by atoms with Crippen LogP contribution in [0.2, 0.25) is 0 Å². The highest BCUT2D eigenvalue weighted by molar-refractivity contribution is 8.02. The van der Waals surface area contributed by atoms with E-state index in [9.17, 15) is 19.5 Å². The van der Waals surface area contributed by atoms with Crippen molar-refractivity contribution in [3.63, 3.8) is 0 Å². The number of carbonyl (C=O) groups is 3. The van der Waals surface area contributed by atoms with Gasteiger partial charge in [-0.15, -0.1) is 11.8 Å². The number of rotatable bonds is 8. The fourth-order valence-electron chi connectivity index (χ4n) is 7.26. The molecule has 9 heteroatoms. The number of carbonyl (C=O) groups excluding carboxylic acids is 3. The molecule has 4 aliphatic heterocycles. The van der Waals surface area contributed by atoms with Crippen LogP contribution in [-0.2, 0) is 19.1 Å². The minimum Gasteiger partial charge on any atom is -0.465 e. The molecular weight excluding hydrogens is 538 g/mol. The van der Waals surface area contributed by atoms with Gasteiger partial charge in [0.1, 0.15) is 6.04 Å². The SMILES string of the molecule is CC[C@H](C)[C@H](CO)N1C(=O)[C@@H]2[C@H]3C(=O)OCCC=C[C@@]3(C)S[C@@]23C=CCN(c2ccc(N(CC)CC)cc2)C(=O)C13. The third-order valence-electron chi connectivity index (χ3n) is 9.59. The van der Waals surface area contributed by atoms with Crippen molar-refractivity contribution < 1.29 is 24.2 Å². The Morgan fingerprint density at radius 2 is 1.76 bits per heavy atom. The van der Waals surface area contributed by atoms with Gasteiger partial charge in [0.05, 0.1) is 35.8 Å². The minimum absolute atomic E-state index is 0.0396. The quantitative estimate of drug-likeness (QED) is 0.366. The number of amides is 2. The van der Waals surface area contributed by atoms with Crippen molar-refractivity contribution in [2.24, 2.45) is 17.8 Å². The Kier molecular flexibility index (Phi) is 8.32. The Morgan fingerprint density at radius 3 is 2.39 bits per heavy atom. The molecule has 2 fully saturated rings. The average molecular weight is 582 g/mol. The number of cyclic esters (lactones) is 1. The van der Waals surface area contributed by atoms with E-state index < -0.39 is 39.4 Å². The summed E-state index contributed by atoms with van der Waals surface area (Å²) >= 11 is 1.53. The van der Waals surface area contributed by atoms with Crippen LogP contribution in [-0.4, -0.2) is 82.2 Å². The van der Waals surface area contributed by atoms with E-state index in [0.717, 1.165) is 30.9 Å². The number of likely N-dealkylation sites (tertiary alicyclic amines) is 1. The zero-order valence-electron chi connectivity index (χ0n) is 24.8. The highest BCUT2D eigenvalue weighted by atomic mass is 32.2. The number of nitrogens with zero attached hydrogens (tertiary/aromatic N) is 3. The second-order valence-electron chi connectivity index (χ2n) is 11.8. The fourth-order valence-corrected chi connectivity index (χ4v) is 9.40. The smallest absolute Gasteiger partial charge is 0.311 e. The lowest BCUT2D eigenvalue weighted by Gasteiger charge is -2.41. The molecule has 2 amide bonds. The van der Waals surface area contributed by atoms with Crippen LogP contribution in [0, 0.1) is 17.8 Å². The largest absolute Gasteiger partial charge is 0.465 e. The molecule has 222 valence electrons. The Morgan fingerprint density at radius 1 is 1.05 bits per heavy atom. The van der Waals surface area contributed by atoms with Gasteiger partial charge in [-0.2, -0.15) is 0 Å². The van der Waals surface area contributed by atoms with Crippen molar-refractivity contribution >= 4 is 40.9 Å². The van der Waals surface area contributed by atoms with Gasteiger partial charge in [0.25, 0.3) is 5.91 Å². The molecule has 0 aromatic heterocycles. The average Bonchev–Trinajstić information content (AvgIpc) is 3.28. The molecule has 1 unspecified atom stereocenters. The Balaban J connectivity index is 1.63. The monoisotopic (exact) mass is 581 g/mol. The molecule has 1 aromatic rings. The molecule has 8 nitrogen and oxygen atoms in total. The Bertz CT molecular complexity index is 1230. The molecule has 1 aromatic carbocycles. The van der Waals surface area contributed by atoms with Crippen LogP contribution in [0.25, 0.3) is 0 Å². The molecule has 4 heterocycles. The molecule has 1 N–H and O–H groups in total. The van der Waals surface area contributed by atoms with Gasteiger partial charge in [-0.25, -0.2) is 0 Å². The maximum absolute atomic E-state index is 14.8. The lowest BCUT2D eigenvalue weighted by atomic mass is 9.74. The maximum atomic E-state index is 14.8. The van der Waals surface area contributed by atoms with Gasteiger partial charge in [0, 0.05) is 35.8 Å². The van der Waals surface area contributed by atoms with E-state index >= 15 is 0 Å². The van der Waals surface area contributed by atoms with Gasteiger partial charge in [0.15, 0.2) is 0 Å². The summed E-state index contributed by atoms with van der Waals surface area (Å²) in [5.74, 6) is -2.39. The van der Waals surface area contributed by atoms with Crippen molar-refractivity contribution in [2.75, 3.05) is 42.6 Å². The van der Waals surface area contributed by atoms with Gasteiger partial charge < -0.3 is 24.5 Å². The second kappa shape index (κ2) is 11.5. The molecule has 0 radical (unpaired) electrons. The molecule has 0 saturated carbocycles. The van der Waals surface area contributed by atoms with Crippen LogP contribution in [0.3, 0.4) is 0 Å². The van der Waals surface area contributed by atoms with Crippen molar-refractivity contribution in [2.45, 2.75) is 69.0 Å². The van der Waals surface area contributed by atoms with E-state index in [4.69, 9.17) is 4.74 Å². The van der Waals surface area contributed by atoms with Gasteiger partial charge in [-0.1, -0.05) is 44.6 Å². The summed E-state index contributed by atoms with van der Waals surface area (Å²) in [6.45, 7) is 12.4. The molecule has 0 aliphatic carbocycles. The number of hydrogen-bond donors (Lipinski definition) is 1. The molecule has 0 bridgehead atoms. The Hall–Kier alpha value is -2.78. The predicted molar refractivity (Wildman–Crippen MR) is 163 cm³/mol. The predicted octanol–water partition coefficient (Wildman–Crippen LogP) is 4.03. The van der Waals surface area contributed by atoms with Gasteiger partial charge >= 0.3 is 5.97 Å². The van der Waals surface area contributed by atoms with Crippen molar-refractivity contribution in [1.82, 2.24) is 4.90 Å². The second-order valence-corrected chi connectivity index (χ2v) is 13.6.